The maximum absolute atomic E-state index is 4.51. The molecular formula is C15H28BrN3. The lowest BCUT2D eigenvalue weighted by Crippen LogP contribution is -2.27. The van der Waals surface area contributed by atoms with Crippen LogP contribution in [0.3, 0.4) is 0 Å². The van der Waals surface area contributed by atoms with Crippen LogP contribution in [0.2, 0.25) is 0 Å². The zero-order chi connectivity index (χ0) is 14.4. The van der Waals surface area contributed by atoms with E-state index in [1.54, 1.807) is 0 Å². The Bertz CT molecular complexity index is 373. The van der Waals surface area contributed by atoms with E-state index in [-0.39, 0.29) is 0 Å². The average molecular weight is 330 g/mol. The topological polar surface area (TPSA) is 29.9 Å². The van der Waals surface area contributed by atoms with Crippen molar-refractivity contribution in [1.82, 2.24) is 15.1 Å². The second-order valence-electron chi connectivity index (χ2n) is 5.67. The van der Waals surface area contributed by atoms with Crippen LogP contribution in [0.1, 0.15) is 71.7 Å². The molecule has 2 unspecified atom stereocenters. The molecule has 4 heteroatoms. The molecule has 1 aromatic rings. The van der Waals surface area contributed by atoms with Crippen molar-refractivity contribution in [3.63, 3.8) is 0 Å². The molecule has 0 saturated carbocycles. The highest BCUT2D eigenvalue weighted by molar-refractivity contribution is 9.10. The number of nitrogens with one attached hydrogen (secondary N) is 1. The average Bonchev–Trinajstić information content (AvgIpc) is 2.76. The molecule has 1 aromatic heterocycles. The third-order valence-electron chi connectivity index (χ3n) is 3.58. The molecule has 1 rings (SSSR count). The van der Waals surface area contributed by atoms with Crippen LogP contribution in [-0.2, 0) is 0 Å². The van der Waals surface area contributed by atoms with Crippen LogP contribution in [0.5, 0.6) is 0 Å². The largest absolute Gasteiger partial charge is 0.309 e. The van der Waals surface area contributed by atoms with E-state index in [0.717, 1.165) is 29.8 Å². The number of hydrogen-bond acceptors (Lipinski definition) is 2. The zero-order valence-corrected chi connectivity index (χ0v) is 14.5. The summed E-state index contributed by atoms with van der Waals surface area (Å²) >= 11 is 3.67. The number of nitrogens with zero attached hydrogens (tertiary/aromatic N) is 2. The summed E-state index contributed by atoms with van der Waals surface area (Å²) in [6.45, 7) is 12.2. The normalized spacial score (nSPS) is 14.9. The summed E-state index contributed by atoms with van der Waals surface area (Å²) in [5, 5.41) is 8.19. The fraction of sp³-hybridized carbons (Fsp3) is 0.800. The standard InChI is InChI=1S/C15H28BrN3/c1-6-8-17-14(9-12(5)7-2)15-13(16)10-18-19(15)11(3)4/h10-12,14,17H,6-9H2,1-5H3. The Balaban J connectivity index is 2.98. The Morgan fingerprint density at radius 1 is 1.32 bits per heavy atom. The van der Waals surface area contributed by atoms with Gasteiger partial charge in [-0.1, -0.05) is 27.2 Å². The molecule has 0 spiro atoms. The predicted octanol–water partition coefficient (Wildman–Crippen LogP) is 4.70. The van der Waals surface area contributed by atoms with Crippen LogP contribution in [0.25, 0.3) is 0 Å². The van der Waals surface area contributed by atoms with E-state index < -0.39 is 0 Å². The van der Waals surface area contributed by atoms with Crippen molar-refractivity contribution in [2.75, 3.05) is 6.54 Å². The van der Waals surface area contributed by atoms with E-state index in [9.17, 15) is 0 Å². The monoisotopic (exact) mass is 329 g/mol. The van der Waals surface area contributed by atoms with Gasteiger partial charge in [0.1, 0.15) is 0 Å². The Morgan fingerprint density at radius 3 is 2.53 bits per heavy atom. The molecule has 0 bridgehead atoms. The SMILES string of the molecule is CCCNC(CC(C)CC)c1c(Br)cnn1C(C)C. The number of aromatic nitrogens is 2. The van der Waals surface area contributed by atoms with Gasteiger partial charge in [-0.3, -0.25) is 4.68 Å². The zero-order valence-electron chi connectivity index (χ0n) is 12.9. The summed E-state index contributed by atoms with van der Waals surface area (Å²) < 4.78 is 3.26. The van der Waals surface area contributed by atoms with Gasteiger partial charge in [0.25, 0.3) is 0 Å². The van der Waals surface area contributed by atoms with E-state index in [1.165, 1.54) is 12.1 Å². The van der Waals surface area contributed by atoms with Crippen LogP contribution in [0, 0.1) is 5.92 Å². The maximum atomic E-state index is 4.51. The first-order chi connectivity index (χ1) is 9.01. The van der Waals surface area contributed by atoms with Gasteiger partial charge in [-0.05, 0) is 55.1 Å². The van der Waals surface area contributed by atoms with Gasteiger partial charge in [0.05, 0.1) is 22.4 Å². The molecule has 0 aromatic carbocycles. The quantitative estimate of drug-likeness (QED) is 0.748. The van der Waals surface area contributed by atoms with Gasteiger partial charge < -0.3 is 5.32 Å². The number of rotatable bonds is 8. The lowest BCUT2D eigenvalue weighted by atomic mass is 9.97. The summed E-state index contributed by atoms with van der Waals surface area (Å²) in [5.74, 6) is 0.719. The third-order valence-corrected chi connectivity index (χ3v) is 4.19. The van der Waals surface area contributed by atoms with E-state index in [4.69, 9.17) is 0 Å². The molecule has 3 nitrogen and oxygen atoms in total. The third kappa shape index (κ3) is 4.60. The second-order valence-corrected chi connectivity index (χ2v) is 6.53. The number of halogens is 1. The molecule has 0 amide bonds. The van der Waals surface area contributed by atoms with E-state index in [1.807, 2.05) is 6.20 Å². The summed E-state index contributed by atoms with van der Waals surface area (Å²) in [5.41, 5.74) is 1.30. The van der Waals surface area contributed by atoms with Gasteiger partial charge in [0.15, 0.2) is 0 Å². The van der Waals surface area contributed by atoms with Crippen molar-refractivity contribution in [1.29, 1.82) is 0 Å². The summed E-state index contributed by atoms with van der Waals surface area (Å²) in [4.78, 5) is 0. The van der Waals surface area contributed by atoms with Gasteiger partial charge in [-0.15, -0.1) is 0 Å². The van der Waals surface area contributed by atoms with Crippen molar-refractivity contribution < 1.29 is 0 Å². The second kappa shape index (κ2) is 8.05. The first-order valence-corrected chi connectivity index (χ1v) is 8.26. The van der Waals surface area contributed by atoms with Crippen molar-refractivity contribution in [3.05, 3.63) is 16.4 Å². The van der Waals surface area contributed by atoms with Crippen molar-refractivity contribution in [2.45, 2.75) is 66.0 Å². The summed E-state index contributed by atoms with van der Waals surface area (Å²) in [6.07, 6.45) is 5.46. The first kappa shape index (κ1) is 16.7. The molecular weight excluding hydrogens is 302 g/mol. The molecule has 0 aliphatic rings. The molecule has 0 aliphatic carbocycles. The fourth-order valence-electron chi connectivity index (χ4n) is 2.27. The molecule has 19 heavy (non-hydrogen) atoms. The van der Waals surface area contributed by atoms with Crippen molar-refractivity contribution in [2.24, 2.45) is 5.92 Å². The summed E-state index contributed by atoms with van der Waals surface area (Å²) in [6, 6.07) is 0.776. The number of hydrogen-bond donors (Lipinski definition) is 1. The molecule has 2 atom stereocenters. The minimum atomic E-state index is 0.383. The molecule has 0 radical (unpaired) electrons. The molecule has 0 fully saturated rings. The highest BCUT2D eigenvalue weighted by Crippen LogP contribution is 2.30. The Morgan fingerprint density at radius 2 is 2.00 bits per heavy atom. The molecule has 0 saturated heterocycles. The highest BCUT2D eigenvalue weighted by Gasteiger charge is 2.22. The Labute approximate surface area is 126 Å². The lowest BCUT2D eigenvalue weighted by Gasteiger charge is -2.24. The maximum Gasteiger partial charge on any atom is 0.0698 e. The minimum absolute atomic E-state index is 0.383. The highest BCUT2D eigenvalue weighted by atomic mass is 79.9. The van der Waals surface area contributed by atoms with Crippen LogP contribution in [0.15, 0.2) is 10.7 Å². The molecule has 1 N–H and O–H groups in total. The predicted molar refractivity (Wildman–Crippen MR) is 85.4 cm³/mol. The van der Waals surface area contributed by atoms with E-state index in [2.05, 4.69) is 65.6 Å². The van der Waals surface area contributed by atoms with Gasteiger partial charge in [-0.25, -0.2) is 0 Å². The van der Waals surface area contributed by atoms with E-state index >= 15 is 0 Å². The van der Waals surface area contributed by atoms with Crippen LogP contribution < -0.4 is 5.32 Å². The Hall–Kier alpha value is -0.350. The minimum Gasteiger partial charge on any atom is -0.309 e. The van der Waals surface area contributed by atoms with Gasteiger partial charge in [0.2, 0.25) is 0 Å². The summed E-state index contributed by atoms with van der Waals surface area (Å²) in [7, 11) is 0. The van der Waals surface area contributed by atoms with Crippen LogP contribution in [-0.4, -0.2) is 16.3 Å². The van der Waals surface area contributed by atoms with Gasteiger partial charge in [-0.2, -0.15) is 5.10 Å². The molecule has 0 aliphatic heterocycles. The fourth-order valence-corrected chi connectivity index (χ4v) is 2.82. The molecule has 1 heterocycles. The van der Waals surface area contributed by atoms with Crippen LogP contribution >= 0.6 is 15.9 Å². The smallest absolute Gasteiger partial charge is 0.0698 e. The van der Waals surface area contributed by atoms with Crippen LogP contribution in [0.4, 0.5) is 0 Å². The van der Waals surface area contributed by atoms with Gasteiger partial charge >= 0.3 is 0 Å². The van der Waals surface area contributed by atoms with Crippen molar-refractivity contribution >= 4 is 15.9 Å². The van der Waals surface area contributed by atoms with Gasteiger partial charge in [0, 0.05) is 6.04 Å². The lowest BCUT2D eigenvalue weighted by molar-refractivity contribution is 0.370. The Kier molecular flexibility index (Phi) is 7.08. The first-order valence-electron chi connectivity index (χ1n) is 7.47. The van der Waals surface area contributed by atoms with Crippen molar-refractivity contribution in [3.8, 4) is 0 Å². The van der Waals surface area contributed by atoms with E-state index in [0.29, 0.717) is 12.1 Å². The molecule has 110 valence electrons.